The summed E-state index contributed by atoms with van der Waals surface area (Å²) < 4.78 is 1.87. The minimum absolute atomic E-state index is 0.258. The van der Waals surface area contributed by atoms with Crippen LogP contribution in [0.2, 0.25) is 0 Å². The van der Waals surface area contributed by atoms with E-state index in [9.17, 15) is 4.79 Å². The van der Waals surface area contributed by atoms with Gasteiger partial charge in [-0.2, -0.15) is 5.10 Å². The quantitative estimate of drug-likeness (QED) is 0.745. The van der Waals surface area contributed by atoms with E-state index in [1.165, 1.54) is 0 Å². The maximum absolute atomic E-state index is 10.8. The van der Waals surface area contributed by atoms with Crippen molar-refractivity contribution >= 4 is 5.97 Å². The third kappa shape index (κ3) is 5.53. The Morgan fingerprint density at radius 2 is 2.00 bits per heavy atom. The highest BCUT2D eigenvalue weighted by Crippen LogP contribution is 2.11. The van der Waals surface area contributed by atoms with Gasteiger partial charge in [0.25, 0.3) is 0 Å². The Hall–Kier alpha value is -2.14. The molecule has 1 aromatic carbocycles. The highest BCUT2D eigenvalue weighted by Gasteiger charge is 2.11. The molecule has 2 N–H and O–H groups in total. The summed E-state index contributed by atoms with van der Waals surface area (Å²) in [4.78, 5) is 10.8. The van der Waals surface area contributed by atoms with E-state index in [4.69, 9.17) is 5.11 Å². The van der Waals surface area contributed by atoms with Gasteiger partial charge < -0.3 is 10.4 Å². The van der Waals surface area contributed by atoms with Crippen molar-refractivity contribution < 1.29 is 9.90 Å². The van der Waals surface area contributed by atoms with Crippen LogP contribution in [0.5, 0.6) is 0 Å². The van der Waals surface area contributed by atoms with Crippen molar-refractivity contribution in [1.82, 2.24) is 15.1 Å². The van der Waals surface area contributed by atoms with Gasteiger partial charge in [0.05, 0.1) is 17.8 Å². The third-order valence-electron chi connectivity index (χ3n) is 4.01. The van der Waals surface area contributed by atoms with Crippen molar-refractivity contribution in [3.05, 3.63) is 48.3 Å². The van der Waals surface area contributed by atoms with E-state index >= 15 is 0 Å². The van der Waals surface area contributed by atoms with E-state index in [2.05, 4.69) is 17.3 Å². The molecule has 2 atom stereocenters. The SMILES string of the molecule is C[C@H](CCC[C@H](C)C(=O)O)NCc1cnn(-c2ccccc2)c1. The smallest absolute Gasteiger partial charge is 0.306 e. The number of aromatic nitrogens is 2. The number of hydrogen-bond acceptors (Lipinski definition) is 3. The van der Waals surface area contributed by atoms with Gasteiger partial charge in [0.1, 0.15) is 0 Å². The highest BCUT2D eigenvalue weighted by molar-refractivity contribution is 5.69. The fraction of sp³-hybridized carbons (Fsp3) is 0.444. The average molecular weight is 315 g/mol. The van der Waals surface area contributed by atoms with Gasteiger partial charge in [-0.05, 0) is 31.9 Å². The molecule has 1 heterocycles. The molecule has 0 aliphatic heterocycles. The van der Waals surface area contributed by atoms with Crippen LogP contribution in [0.4, 0.5) is 0 Å². The molecule has 0 aliphatic carbocycles. The monoisotopic (exact) mass is 315 g/mol. The van der Waals surface area contributed by atoms with E-state index in [1.54, 1.807) is 6.92 Å². The first-order valence-electron chi connectivity index (χ1n) is 8.11. The molecule has 23 heavy (non-hydrogen) atoms. The van der Waals surface area contributed by atoms with Crippen LogP contribution in [0.1, 0.15) is 38.7 Å². The summed E-state index contributed by atoms with van der Waals surface area (Å²) >= 11 is 0. The molecule has 0 spiro atoms. The van der Waals surface area contributed by atoms with E-state index in [-0.39, 0.29) is 5.92 Å². The second kappa shape index (κ2) is 8.48. The fourth-order valence-electron chi connectivity index (χ4n) is 2.42. The number of nitrogens with zero attached hydrogens (tertiary/aromatic N) is 2. The maximum atomic E-state index is 10.8. The number of carboxylic acid groups (broad SMARTS) is 1. The lowest BCUT2D eigenvalue weighted by molar-refractivity contribution is -0.141. The van der Waals surface area contributed by atoms with Crippen LogP contribution in [0.3, 0.4) is 0 Å². The number of aliphatic carboxylic acids is 1. The molecule has 0 unspecified atom stereocenters. The van der Waals surface area contributed by atoms with E-state index in [0.717, 1.165) is 37.1 Å². The summed E-state index contributed by atoms with van der Waals surface area (Å²) in [6.45, 7) is 4.66. The second-order valence-corrected chi connectivity index (χ2v) is 6.08. The Labute approximate surface area is 137 Å². The van der Waals surface area contributed by atoms with Crippen molar-refractivity contribution in [2.75, 3.05) is 0 Å². The zero-order chi connectivity index (χ0) is 16.7. The average Bonchev–Trinajstić information content (AvgIpc) is 3.02. The first kappa shape index (κ1) is 17.2. The lowest BCUT2D eigenvalue weighted by Gasteiger charge is -2.13. The molecule has 5 nitrogen and oxygen atoms in total. The van der Waals surface area contributed by atoms with Crippen LogP contribution < -0.4 is 5.32 Å². The molecule has 0 saturated heterocycles. The lowest BCUT2D eigenvalue weighted by Crippen LogP contribution is -2.25. The van der Waals surface area contributed by atoms with E-state index in [0.29, 0.717) is 6.04 Å². The predicted octanol–water partition coefficient (Wildman–Crippen LogP) is 3.24. The summed E-state index contributed by atoms with van der Waals surface area (Å²) in [6.07, 6.45) is 6.53. The van der Waals surface area contributed by atoms with Crippen LogP contribution in [0.15, 0.2) is 42.7 Å². The number of carbonyl (C=O) groups is 1. The van der Waals surface area contributed by atoms with Crippen molar-refractivity contribution in [3.63, 3.8) is 0 Å². The standard InChI is InChI=1S/C18H25N3O2/c1-14(18(22)23)7-6-8-15(2)19-11-16-12-20-21(13-16)17-9-4-3-5-10-17/h3-5,9-10,12-15,19H,6-8,11H2,1-2H3,(H,22,23)/t14-,15+/m0/s1. The molecule has 124 valence electrons. The van der Waals surface area contributed by atoms with Gasteiger partial charge in [0, 0.05) is 24.3 Å². The summed E-state index contributed by atoms with van der Waals surface area (Å²) in [6, 6.07) is 10.4. The molecule has 5 heteroatoms. The molecule has 0 radical (unpaired) electrons. The van der Waals surface area contributed by atoms with Crippen molar-refractivity contribution in [1.29, 1.82) is 0 Å². The molecule has 0 bridgehead atoms. The number of hydrogen-bond donors (Lipinski definition) is 2. The summed E-state index contributed by atoms with van der Waals surface area (Å²) in [5.41, 5.74) is 2.19. The Balaban J connectivity index is 1.74. The lowest BCUT2D eigenvalue weighted by atomic mass is 10.0. The van der Waals surface area contributed by atoms with E-state index in [1.807, 2.05) is 47.4 Å². The molecule has 0 amide bonds. The number of rotatable bonds is 9. The van der Waals surface area contributed by atoms with Crippen LogP contribution in [0, 0.1) is 5.92 Å². The molecule has 0 aliphatic rings. The van der Waals surface area contributed by atoms with Crippen LogP contribution in [0.25, 0.3) is 5.69 Å². The van der Waals surface area contributed by atoms with Gasteiger partial charge in [-0.15, -0.1) is 0 Å². The molecule has 2 rings (SSSR count). The summed E-state index contributed by atoms with van der Waals surface area (Å²) in [5.74, 6) is -0.967. The second-order valence-electron chi connectivity index (χ2n) is 6.08. The summed E-state index contributed by atoms with van der Waals surface area (Å²) in [5, 5.41) is 16.7. The molecule has 0 saturated carbocycles. The van der Waals surface area contributed by atoms with Crippen LogP contribution in [-0.4, -0.2) is 26.9 Å². The van der Waals surface area contributed by atoms with Crippen molar-refractivity contribution in [2.24, 2.45) is 5.92 Å². The fourth-order valence-corrected chi connectivity index (χ4v) is 2.42. The Morgan fingerprint density at radius 1 is 1.26 bits per heavy atom. The van der Waals surface area contributed by atoms with Crippen LogP contribution >= 0.6 is 0 Å². The van der Waals surface area contributed by atoms with Crippen LogP contribution in [-0.2, 0) is 11.3 Å². The van der Waals surface area contributed by atoms with E-state index < -0.39 is 5.97 Å². The molecular weight excluding hydrogens is 290 g/mol. The highest BCUT2D eigenvalue weighted by atomic mass is 16.4. The third-order valence-corrected chi connectivity index (χ3v) is 4.01. The molecular formula is C18H25N3O2. The number of carboxylic acids is 1. The van der Waals surface area contributed by atoms with Crippen molar-refractivity contribution in [3.8, 4) is 5.69 Å². The number of benzene rings is 1. The Bertz CT molecular complexity index is 610. The zero-order valence-electron chi connectivity index (χ0n) is 13.8. The number of nitrogens with one attached hydrogen (secondary N) is 1. The summed E-state index contributed by atoms with van der Waals surface area (Å²) in [7, 11) is 0. The Morgan fingerprint density at radius 3 is 2.70 bits per heavy atom. The first-order chi connectivity index (χ1) is 11.1. The van der Waals surface area contributed by atoms with Gasteiger partial charge in [0.15, 0.2) is 0 Å². The normalized spacial score (nSPS) is 13.7. The van der Waals surface area contributed by atoms with Gasteiger partial charge >= 0.3 is 5.97 Å². The first-order valence-corrected chi connectivity index (χ1v) is 8.11. The van der Waals surface area contributed by atoms with Gasteiger partial charge in [0.2, 0.25) is 0 Å². The Kier molecular flexibility index (Phi) is 6.35. The molecule has 0 fully saturated rings. The van der Waals surface area contributed by atoms with Gasteiger partial charge in [-0.3, -0.25) is 4.79 Å². The minimum Gasteiger partial charge on any atom is -0.481 e. The van der Waals surface area contributed by atoms with Gasteiger partial charge in [-0.1, -0.05) is 31.5 Å². The minimum atomic E-state index is -0.709. The molecule has 1 aromatic heterocycles. The maximum Gasteiger partial charge on any atom is 0.306 e. The largest absolute Gasteiger partial charge is 0.481 e. The number of para-hydroxylation sites is 1. The van der Waals surface area contributed by atoms with Gasteiger partial charge in [-0.25, -0.2) is 4.68 Å². The van der Waals surface area contributed by atoms with Crippen molar-refractivity contribution in [2.45, 2.75) is 45.7 Å². The predicted molar refractivity (Wildman–Crippen MR) is 90.5 cm³/mol. The topological polar surface area (TPSA) is 67.2 Å². The zero-order valence-corrected chi connectivity index (χ0v) is 13.8. The molecule has 2 aromatic rings.